The fourth-order valence-electron chi connectivity index (χ4n) is 5.93. The number of likely N-dealkylation sites (N-methyl/N-ethyl adjacent to an activating group) is 1. The molecule has 4 heteroatoms. The zero-order chi connectivity index (χ0) is 18.4. The highest BCUT2D eigenvalue weighted by Crippen LogP contribution is 2.44. The Kier molecular flexibility index (Phi) is 4.53. The van der Waals surface area contributed by atoms with E-state index in [4.69, 9.17) is 4.74 Å². The number of morpholine rings is 1. The molecular weight excluding hydrogens is 334 g/mol. The van der Waals surface area contributed by atoms with Gasteiger partial charge in [0, 0.05) is 22.9 Å². The summed E-state index contributed by atoms with van der Waals surface area (Å²) in [6, 6.07) is 7.67. The molecule has 0 amide bonds. The molecule has 1 aromatic heterocycles. The number of hydrogen-bond acceptors (Lipinski definition) is 2. The Morgan fingerprint density at radius 3 is 2.93 bits per heavy atom. The highest BCUT2D eigenvalue weighted by molar-refractivity contribution is 5.89. The molecule has 5 rings (SSSR count). The Bertz CT molecular complexity index is 818. The van der Waals surface area contributed by atoms with Gasteiger partial charge in [0.15, 0.2) is 0 Å². The predicted molar refractivity (Wildman–Crippen MR) is 110 cm³/mol. The van der Waals surface area contributed by atoms with Crippen LogP contribution in [0.3, 0.4) is 0 Å². The number of rotatable bonds is 4. The number of aromatic nitrogens is 1. The molecule has 2 atom stereocenters. The maximum atomic E-state index is 5.63. The third-order valence-electron chi connectivity index (χ3n) is 7.36. The van der Waals surface area contributed by atoms with Gasteiger partial charge in [0.2, 0.25) is 0 Å². The van der Waals surface area contributed by atoms with Gasteiger partial charge < -0.3 is 14.2 Å². The molecule has 1 aliphatic carbocycles. The van der Waals surface area contributed by atoms with E-state index in [1.54, 1.807) is 16.5 Å². The molecule has 0 radical (unpaired) electrons. The van der Waals surface area contributed by atoms with Gasteiger partial charge in [-0.05, 0) is 56.0 Å². The maximum absolute atomic E-state index is 5.63. The van der Waals surface area contributed by atoms with Crippen LogP contribution in [-0.4, -0.2) is 66.8 Å². The highest BCUT2D eigenvalue weighted by atomic mass is 16.5. The molecule has 0 unspecified atom stereocenters. The van der Waals surface area contributed by atoms with Crippen molar-refractivity contribution in [2.24, 2.45) is 0 Å². The minimum absolute atomic E-state index is 0.696. The van der Waals surface area contributed by atoms with Crippen LogP contribution < -0.4 is 0 Å². The Balaban J connectivity index is 1.55. The Hall–Kier alpha value is -1.36. The number of H-pyrrole nitrogens is 1. The van der Waals surface area contributed by atoms with Gasteiger partial charge >= 0.3 is 0 Å². The number of ether oxygens (including phenoxy) is 1. The number of nitrogens with zero attached hydrogens (tertiary/aromatic N) is 2. The van der Waals surface area contributed by atoms with Crippen LogP contribution in [-0.2, 0) is 17.7 Å². The molecule has 2 fully saturated rings. The van der Waals surface area contributed by atoms with Gasteiger partial charge in [0.1, 0.15) is 19.6 Å². The molecule has 27 heavy (non-hydrogen) atoms. The van der Waals surface area contributed by atoms with Crippen LogP contribution in [0.2, 0.25) is 0 Å². The lowest BCUT2D eigenvalue weighted by atomic mass is 9.74. The molecule has 0 spiro atoms. The third kappa shape index (κ3) is 3.02. The fraction of sp³-hybridized carbons (Fsp3) is 0.652. The topological polar surface area (TPSA) is 28.3 Å². The zero-order valence-electron chi connectivity index (χ0n) is 17.0. The van der Waals surface area contributed by atoms with E-state index in [1.807, 2.05) is 0 Å². The Labute approximate surface area is 163 Å². The van der Waals surface area contributed by atoms with Crippen LogP contribution in [0.4, 0.5) is 0 Å². The van der Waals surface area contributed by atoms with Crippen molar-refractivity contribution in [2.45, 2.75) is 51.1 Å². The number of aromatic amines is 1. The lowest BCUT2D eigenvalue weighted by molar-refractivity contribution is -0.929. The van der Waals surface area contributed by atoms with Crippen molar-refractivity contribution < 1.29 is 9.22 Å². The number of fused-ring (bicyclic) bond motifs is 2. The second-order valence-corrected chi connectivity index (χ2v) is 9.25. The van der Waals surface area contributed by atoms with Crippen LogP contribution in [0.25, 0.3) is 10.9 Å². The Morgan fingerprint density at radius 1 is 1.26 bits per heavy atom. The number of nitrogens with one attached hydrogen (secondary N) is 1. The SMILES string of the molecule is CCCN1CCC[C@@H]2c3cccc4[nH]c(C[N+]5(C)CCOCC5)c(c34)C[C@H]21. The molecule has 146 valence electrons. The first-order chi connectivity index (χ1) is 13.2. The number of likely N-dealkylation sites (tertiary alicyclic amines) is 1. The number of hydrogen-bond donors (Lipinski definition) is 1. The summed E-state index contributed by atoms with van der Waals surface area (Å²) in [6.07, 6.45) is 5.19. The summed E-state index contributed by atoms with van der Waals surface area (Å²) in [5.41, 5.74) is 6.09. The van der Waals surface area contributed by atoms with E-state index in [0.717, 1.165) is 43.2 Å². The first-order valence-corrected chi connectivity index (χ1v) is 11.0. The number of quaternary nitrogens is 1. The number of piperidine rings is 1. The summed E-state index contributed by atoms with van der Waals surface area (Å²) >= 11 is 0. The summed E-state index contributed by atoms with van der Waals surface area (Å²) in [5.74, 6) is 0.721. The quantitative estimate of drug-likeness (QED) is 0.834. The van der Waals surface area contributed by atoms with Crippen LogP contribution in [0.15, 0.2) is 18.2 Å². The molecule has 2 aromatic rings. The molecule has 1 aromatic carbocycles. The van der Waals surface area contributed by atoms with Crippen LogP contribution >= 0.6 is 0 Å². The normalized spacial score (nSPS) is 27.6. The first kappa shape index (κ1) is 17.7. The summed E-state index contributed by atoms with van der Waals surface area (Å²) in [5, 5.41) is 1.56. The van der Waals surface area contributed by atoms with Crippen molar-refractivity contribution in [3.05, 3.63) is 35.0 Å². The van der Waals surface area contributed by atoms with Gasteiger partial charge in [-0.3, -0.25) is 4.90 Å². The highest BCUT2D eigenvalue weighted by Gasteiger charge is 2.39. The zero-order valence-corrected chi connectivity index (χ0v) is 17.0. The van der Waals surface area contributed by atoms with Crippen molar-refractivity contribution in [3.63, 3.8) is 0 Å². The molecule has 4 nitrogen and oxygen atoms in total. The minimum Gasteiger partial charge on any atom is -0.370 e. The van der Waals surface area contributed by atoms with E-state index in [0.29, 0.717) is 6.04 Å². The van der Waals surface area contributed by atoms with Crippen molar-refractivity contribution in [3.8, 4) is 0 Å². The molecule has 1 N–H and O–H groups in total. The fourth-order valence-corrected chi connectivity index (χ4v) is 5.93. The second kappa shape index (κ2) is 6.91. The van der Waals surface area contributed by atoms with Crippen molar-refractivity contribution >= 4 is 10.9 Å². The van der Waals surface area contributed by atoms with Gasteiger partial charge in [-0.25, -0.2) is 0 Å². The van der Waals surface area contributed by atoms with E-state index in [9.17, 15) is 0 Å². The van der Waals surface area contributed by atoms with E-state index in [1.165, 1.54) is 50.0 Å². The summed E-state index contributed by atoms with van der Waals surface area (Å²) < 4.78 is 6.73. The van der Waals surface area contributed by atoms with Gasteiger partial charge in [-0.15, -0.1) is 0 Å². The maximum Gasteiger partial charge on any atom is 0.120 e. The molecule has 3 aliphatic rings. The van der Waals surface area contributed by atoms with E-state index < -0.39 is 0 Å². The summed E-state index contributed by atoms with van der Waals surface area (Å²) in [7, 11) is 2.40. The van der Waals surface area contributed by atoms with Crippen molar-refractivity contribution in [1.82, 2.24) is 9.88 Å². The molecule has 3 heterocycles. The van der Waals surface area contributed by atoms with Gasteiger partial charge in [0.05, 0.1) is 26.0 Å². The smallest absolute Gasteiger partial charge is 0.120 e. The summed E-state index contributed by atoms with van der Waals surface area (Å²) in [6.45, 7) is 9.99. The van der Waals surface area contributed by atoms with Gasteiger partial charge in [-0.2, -0.15) is 0 Å². The lowest BCUT2D eigenvalue weighted by Crippen LogP contribution is -2.51. The monoisotopic (exact) mass is 368 g/mol. The van der Waals surface area contributed by atoms with E-state index in [-0.39, 0.29) is 0 Å². The van der Waals surface area contributed by atoms with Gasteiger partial charge in [0.25, 0.3) is 0 Å². The Morgan fingerprint density at radius 2 is 2.11 bits per heavy atom. The minimum atomic E-state index is 0.696. The number of benzene rings is 1. The summed E-state index contributed by atoms with van der Waals surface area (Å²) in [4.78, 5) is 6.64. The molecule has 0 bridgehead atoms. The van der Waals surface area contributed by atoms with Crippen molar-refractivity contribution in [1.29, 1.82) is 0 Å². The average Bonchev–Trinajstić information content (AvgIpc) is 3.01. The average molecular weight is 369 g/mol. The van der Waals surface area contributed by atoms with Gasteiger partial charge in [-0.1, -0.05) is 19.1 Å². The molecule has 0 saturated carbocycles. The van der Waals surface area contributed by atoms with Crippen LogP contribution in [0, 0.1) is 0 Å². The molecular formula is C23H34N3O+. The second-order valence-electron chi connectivity index (χ2n) is 9.25. The first-order valence-electron chi connectivity index (χ1n) is 11.0. The van der Waals surface area contributed by atoms with E-state index in [2.05, 4.69) is 42.1 Å². The standard InChI is InChI=1S/C23H34N3O/c1-3-9-25-10-5-7-17-18-6-4-8-20-23(18)19(15-22(17)25)21(24-20)16-26(2)11-13-27-14-12-26/h4,6,8,17,22,24H,3,5,7,9-16H2,1-2H3/q+1/t17-,22-/m1/s1. The predicted octanol–water partition coefficient (Wildman–Crippen LogP) is 3.66. The largest absolute Gasteiger partial charge is 0.370 e. The van der Waals surface area contributed by atoms with E-state index >= 15 is 0 Å². The third-order valence-corrected chi connectivity index (χ3v) is 7.36. The van der Waals surface area contributed by atoms with Crippen LogP contribution in [0.1, 0.15) is 48.9 Å². The molecule has 2 saturated heterocycles. The lowest BCUT2D eigenvalue weighted by Gasteiger charge is -2.44. The van der Waals surface area contributed by atoms with Crippen LogP contribution in [0.5, 0.6) is 0 Å². The van der Waals surface area contributed by atoms with Crippen molar-refractivity contribution in [2.75, 3.05) is 46.4 Å². The molecule has 2 aliphatic heterocycles.